The van der Waals surface area contributed by atoms with Gasteiger partial charge >= 0.3 is 0 Å². The predicted molar refractivity (Wildman–Crippen MR) is 117 cm³/mol. The maximum atomic E-state index is 13.8. The molecule has 1 fully saturated rings. The van der Waals surface area contributed by atoms with Crippen molar-refractivity contribution in [3.8, 4) is 11.4 Å². The number of fused-ring (bicyclic) bond motifs is 1. The van der Waals surface area contributed by atoms with Crippen molar-refractivity contribution in [2.75, 3.05) is 31.1 Å². The van der Waals surface area contributed by atoms with E-state index in [1.165, 1.54) is 12.4 Å². The average molecular weight is 450 g/mol. The molecule has 4 heterocycles. The molecule has 0 N–H and O–H groups in total. The minimum atomic E-state index is -0.320. The normalized spacial score (nSPS) is 14.3. The summed E-state index contributed by atoms with van der Waals surface area (Å²) in [5.41, 5.74) is 1.97. The molecular formula is C22H23FN8O2. The molecule has 1 aliphatic rings. The second kappa shape index (κ2) is 8.57. The van der Waals surface area contributed by atoms with Crippen LogP contribution in [0.3, 0.4) is 0 Å². The van der Waals surface area contributed by atoms with Gasteiger partial charge in [-0.25, -0.2) is 9.37 Å². The van der Waals surface area contributed by atoms with Gasteiger partial charge in [-0.2, -0.15) is 19.6 Å². The van der Waals surface area contributed by atoms with Crippen molar-refractivity contribution in [2.45, 2.75) is 26.7 Å². The Kier molecular flexibility index (Phi) is 5.45. The quantitative estimate of drug-likeness (QED) is 0.456. The SMILES string of the molecule is Cc1cc(N2CCN(C(=O)CCc3nc(-c4ccc(C)c(F)c4)no3)CC2)n2ncnc2n1. The number of aryl methyl sites for hydroxylation is 3. The van der Waals surface area contributed by atoms with Crippen LogP contribution in [0.2, 0.25) is 0 Å². The van der Waals surface area contributed by atoms with Gasteiger partial charge in [0.2, 0.25) is 17.6 Å². The van der Waals surface area contributed by atoms with Crippen LogP contribution in [0, 0.1) is 19.7 Å². The van der Waals surface area contributed by atoms with Crippen LogP contribution in [0.25, 0.3) is 17.2 Å². The highest BCUT2D eigenvalue weighted by Gasteiger charge is 2.24. The van der Waals surface area contributed by atoms with Crippen molar-refractivity contribution in [2.24, 2.45) is 0 Å². The van der Waals surface area contributed by atoms with E-state index in [9.17, 15) is 9.18 Å². The minimum absolute atomic E-state index is 0.0348. The van der Waals surface area contributed by atoms with Crippen LogP contribution in [0.1, 0.15) is 23.6 Å². The third-order valence-corrected chi connectivity index (χ3v) is 5.77. The zero-order chi connectivity index (χ0) is 22.9. The van der Waals surface area contributed by atoms with E-state index in [-0.39, 0.29) is 18.1 Å². The van der Waals surface area contributed by atoms with E-state index in [2.05, 4.69) is 30.1 Å². The summed E-state index contributed by atoms with van der Waals surface area (Å²) >= 11 is 0. The first-order valence-electron chi connectivity index (χ1n) is 10.8. The number of amides is 1. The number of benzene rings is 1. The molecule has 0 unspecified atom stereocenters. The van der Waals surface area contributed by atoms with Crippen molar-refractivity contribution in [3.05, 3.63) is 53.6 Å². The van der Waals surface area contributed by atoms with Gasteiger partial charge < -0.3 is 14.3 Å². The van der Waals surface area contributed by atoms with E-state index in [1.54, 1.807) is 23.6 Å². The van der Waals surface area contributed by atoms with Crippen LogP contribution in [0.15, 0.2) is 35.1 Å². The molecular weight excluding hydrogens is 427 g/mol. The van der Waals surface area contributed by atoms with Crippen molar-refractivity contribution in [1.29, 1.82) is 0 Å². The molecule has 3 aromatic heterocycles. The van der Waals surface area contributed by atoms with E-state index in [0.29, 0.717) is 61.2 Å². The molecule has 5 rings (SSSR count). The van der Waals surface area contributed by atoms with Gasteiger partial charge in [0.05, 0.1) is 0 Å². The first kappa shape index (κ1) is 21.0. The fraction of sp³-hybridized carbons (Fsp3) is 0.364. The molecule has 1 saturated heterocycles. The van der Waals surface area contributed by atoms with E-state index in [1.807, 2.05) is 17.9 Å². The summed E-state index contributed by atoms with van der Waals surface area (Å²) in [5, 5.41) is 8.18. The van der Waals surface area contributed by atoms with E-state index < -0.39 is 0 Å². The second-order valence-corrected chi connectivity index (χ2v) is 8.07. The zero-order valence-corrected chi connectivity index (χ0v) is 18.4. The molecule has 1 aliphatic heterocycles. The Morgan fingerprint density at radius 2 is 1.94 bits per heavy atom. The van der Waals surface area contributed by atoms with Gasteiger partial charge in [-0.05, 0) is 25.5 Å². The Bertz CT molecular complexity index is 1310. The van der Waals surface area contributed by atoms with E-state index in [0.717, 1.165) is 11.5 Å². The van der Waals surface area contributed by atoms with Crippen LogP contribution >= 0.6 is 0 Å². The zero-order valence-electron chi connectivity index (χ0n) is 18.4. The van der Waals surface area contributed by atoms with Crippen LogP contribution in [-0.2, 0) is 11.2 Å². The highest BCUT2D eigenvalue weighted by atomic mass is 19.1. The maximum Gasteiger partial charge on any atom is 0.254 e. The van der Waals surface area contributed by atoms with Gasteiger partial charge in [0.25, 0.3) is 5.78 Å². The number of piperazine rings is 1. The second-order valence-electron chi connectivity index (χ2n) is 8.07. The number of hydrogen-bond acceptors (Lipinski definition) is 8. The summed E-state index contributed by atoms with van der Waals surface area (Å²) in [4.78, 5) is 29.6. The minimum Gasteiger partial charge on any atom is -0.353 e. The molecule has 0 bridgehead atoms. The molecule has 1 amide bonds. The largest absolute Gasteiger partial charge is 0.353 e. The molecule has 11 heteroatoms. The number of rotatable bonds is 5. The Labute approximate surface area is 189 Å². The van der Waals surface area contributed by atoms with Crippen molar-refractivity contribution < 1.29 is 13.7 Å². The Balaban J connectivity index is 1.17. The number of carbonyl (C=O) groups excluding carboxylic acids is 1. The van der Waals surface area contributed by atoms with Crippen LogP contribution < -0.4 is 4.90 Å². The van der Waals surface area contributed by atoms with Crippen molar-refractivity contribution in [3.63, 3.8) is 0 Å². The number of nitrogens with zero attached hydrogens (tertiary/aromatic N) is 8. The molecule has 0 aliphatic carbocycles. The molecule has 1 aromatic carbocycles. The van der Waals surface area contributed by atoms with Crippen LogP contribution in [0.4, 0.5) is 10.2 Å². The van der Waals surface area contributed by atoms with Gasteiger partial charge in [-0.1, -0.05) is 17.3 Å². The number of anilines is 1. The molecule has 170 valence electrons. The van der Waals surface area contributed by atoms with Gasteiger partial charge in [-0.3, -0.25) is 4.79 Å². The summed E-state index contributed by atoms with van der Waals surface area (Å²) in [7, 11) is 0. The summed E-state index contributed by atoms with van der Waals surface area (Å²) in [6.45, 7) is 6.21. The van der Waals surface area contributed by atoms with Gasteiger partial charge in [0.15, 0.2) is 0 Å². The highest BCUT2D eigenvalue weighted by molar-refractivity contribution is 5.76. The van der Waals surface area contributed by atoms with Gasteiger partial charge in [-0.15, -0.1) is 0 Å². The third-order valence-electron chi connectivity index (χ3n) is 5.77. The molecule has 4 aromatic rings. The van der Waals surface area contributed by atoms with Gasteiger partial charge in [0.1, 0.15) is 18.0 Å². The summed E-state index contributed by atoms with van der Waals surface area (Å²) in [6, 6.07) is 6.78. The molecule has 33 heavy (non-hydrogen) atoms. The maximum absolute atomic E-state index is 13.8. The van der Waals surface area contributed by atoms with E-state index in [4.69, 9.17) is 4.52 Å². The first-order chi connectivity index (χ1) is 16.0. The fourth-order valence-electron chi connectivity index (χ4n) is 3.90. The third kappa shape index (κ3) is 4.26. The molecule has 0 saturated carbocycles. The molecule has 10 nitrogen and oxygen atoms in total. The summed E-state index contributed by atoms with van der Waals surface area (Å²) < 4.78 is 20.8. The lowest BCUT2D eigenvalue weighted by Crippen LogP contribution is -2.49. The van der Waals surface area contributed by atoms with Crippen LogP contribution in [0.5, 0.6) is 0 Å². The monoisotopic (exact) mass is 450 g/mol. The standard InChI is InChI=1S/C22H23FN8O2/c1-14-3-4-16(12-17(14)23)21-27-18(33-28-21)5-6-20(32)30-9-7-29(8-10-30)19-11-15(2)26-22-24-13-25-31(19)22/h3-4,11-13H,5-10H2,1-2H3. The first-order valence-corrected chi connectivity index (χ1v) is 10.8. The molecule has 0 atom stereocenters. The van der Waals surface area contributed by atoms with E-state index >= 15 is 0 Å². The highest BCUT2D eigenvalue weighted by Crippen LogP contribution is 2.20. The number of halogens is 1. The number of aromatic nitrogens is 6. The number of hydrogen-bond donors (Lipinski definition) is 0. The lowest BCUT2D eigenvalue weighted by Gasteiger charge is -2.36. The lowest BCUT2D eigenvalue weighted by molar-refractivity contribution is -0.131. The summed E-state index contributed by atoms with van der Waals surface area (Å²) in [5.74, 6) is 1.88. The molecule has 0 spiro atoms. The summed E-state index contributed by atoms with van der Waals surface area (Å²) in [6.07, 6.45) is 2.10. The lowest BCUT2D eigenvalue weighted by atomic mass is 10.1. The smallest absolute Gasteiger partial charge is 0.254 e. The fourth-order valence-corrected chi connectivity index (χ4v) is 3.90. The van der Waals surface area contributed by atoms with Crippen molar-refractivity contribution in [1.82, 2.24) is 34.6 Å². The topological polar surface area (TPSA) is 106 Å². The average Bonchev–Trinajstić information content (AvgIpc) is 3.48. The van der Waals surface area contributed by atoms with Crippen molar-refractivity contribution >= 4 is 17.5 Å². The number of carbonyl (C=O) groups is 1. The van der Waals surface area contributed by atoms with Crippen LogP contribution in [-0.4, -0.2) is 66.7 Å². The Morgan fingerprint density at radius 1 is 1.12 bits per heavy atom. The Hall–Kier alpha value is -3.89. The van der Waals surface area contributed by atoms with Gasteiger partial charge in [0, 0.05) is 56.3 Å². The predicted octanol–water partition coefficient (Wildman–Crippen LogP) is 2.21. The Morgan fingerprint density at radius 3 is 2.73 bits per heavy atom. The molecule has 0 radical (unpaired) electrons.